The van der Waals surface area contributed by atoms with Gasteiger partial charge in [0.15, 0.2) is 0 Å². The number of anilines is 1. The number of primary sulfonamides is 1. The first-order chi connectivity index (χ1) is 11.7. The van der Waals surface area contributed by atoms with Crippen LogP contribution < -0.4 is 10.0 Å². The van der Waals surface area contributed by atoms with Crippen LogP contribution in [0.2, 0.25) is 0 Å². The maximum atomic E-state index is 13.1. The summed E-state index contributed by atoms with van der Waals surface area (Å²) >= 11 is 0. The lowest BCUT2D eigenvalue weighted by Gasteiger charge is -2.30. The largest absolute Gasteiger partial charge is 0.308 e. The third-order valence-electron chi connectivity index (χ3n) is 4.77. The molecule has 2 aromatic carbocycles. The quantitative estimate of drug-likeness (QED) is 0.896. The van der Waals surface area contributed by atoms with E-state index in [1.807, 2.05) is 19.1 Å². The molecule has 0 fully saturated rings. The Kier molecular flexibility index (Phi) is 4.43. The summed E-state index contributed by atoms with van der Waals surface area (Å²) < 4.78 is 23.7. The maximum absolute atomic E-state index is 13.1. The molecule has 0 atom stereocenters. The fourth-order valence-electron chi connectivity index (χ4n) is 3.34. The number of fused-ring (bicyclic) bond motifs is 1. The van der Waals surface area contributed by atoms with Gasteiger partial charge in [-0.05, 0) is 68.5 Å². The molecule has 0 aliphatic carbocycles. The molecule has 0 aromatic heterocycles. The minimum atomic E-state index is -3.88. The molecule has 0 spiro atoms. The highest BCUT2D eigenvalue weighted by atomic mass is 32.2. The van der Waals surface area contributed by atoms with Crippen molar-refractivity contribution in [2.75, 3.05) is 11.4 Å². The number of sulfonamides is 1. The third-order valence-corrected chi connectivity index (χ3v) is 5.81. The molecule has 1 amide bonds. The average molecular weight is 358 g/mol. The molecule has 0 bridgehead atoms. The third kappa shape index (κ3) is 3.32. The average Bonchev–Trinajstić information content (AvgIpc) is 2.54. The maximum Gasteiger partial charge on any atom is 0.258 e. The van der Waals surface area contributed by atoms with Crippen LogP contribution in [0.5, 0.6) is 0 Å². The van der Waals surface area contributed by atoms with Crippen LogP contribution in [-0.4, -0.2) is 20.9 Å². The van der Waals surface area contributed by atoms with E-state index >= 15 is 0 Å². The first kappa shape index (κ1) is 17.6. The number of aryl methyl sites for hydroxylation is 3. The number of carbonyl (C=O) groups excluding carboxylic acids is 1. The fraction of sp³-hybridized carbons (Fsp3) is 0.316. The van der Waals surface area contributed by atoms with E-state index in [2.05, 4.69) is 6.07 Å². The van der Waals surface area contributed by atoms with Crippen LogP contribution in [0.15, 0.2) is 35.2 Å². The normalized spacial score (nSPS) is 14.3. The number of hydrogen-bond donors (Lipinski definition) is 1. The summed E-state index contributed by atoms with van der Waals surface area (Å²) in [6, 6.07) is 9.17. The topological polar surface area (TPSA) is 80.5 Å². The van der Waals surface area contributed by atoms with Crippen molar-refractivity contribution in [2.45, 2.75) is 38.5 Å². The molecule has 0 radical (unpaired) electrons. The lowest BCUT2D eigenvalue weighted by Crippen LogP contribution is -2.35. The minimum Gasteiger partial charge on any atom is -0.308 e. The zero-order valence-electron chi connectivity index (χ0n) is 14.7. The predicted octanol–water partition coefficient (Wildman–Crippen LogP) is 2.85. The summed E-state index contributed by atoms with van der Waals surface area (Å²) in [4.78, 5) is 14.8. The second kappa shape index (κ2) is 6.28. The number of rotatable bonds is 2. The number of carbonyl (C=O) groups is 1. The highest BCUT2D eigenvalue weighted by Gasteiger charge is 2.25. The highest BCUT2D eigenvalue weighted by Crippen LogP contribution is 2.30. The second-order valence-corrected chi connectivity index (χ2v) is 8.18. The van der Waals surface area contributed by atoms with E-state index in [9.17, 15) is 13.2 Å². The van der Waals surface area contributed by atoms with Crippen molar-refractivity contribution in [3.05, 3.63) is 58.1 Å². The molecule has 0 saturated heterocycles. The van der Waals surface area contributed by atoms with Gasteiger partial charge in [-0.25, -0.2) is 13.6 Å². The van der Waals surface area contributed by atoms with Crippen LogP contribution in [-0.2, 0) is 16.4 Å². The van der Waals surface area contributed by atoms with E-state index in [-0.39, 0.29) is 10.8 Å². The molecule has 6 heteroatoms. The van der Waals surface area contributed by atoms with Gasteiger partial charge in [0.2, 0.25) is 10.0 Å². The Hall–Kier alpha value is -2.18. The number of nitrogens with zero attached hydrogens (tertiary/aromatic N) is 1. The standard InChI is InChI=1S/C19H22N2O3S/c1-12-6-7-17-15(9-12)5-4-8-21(17)19(22)16-10-13(2)14(3)18(11-16)25(20,23)24/h6-7,9-11H,4-5,8H2,1-3H3,(H2,20,23,24). The fourth-order valence-corrected chi connectivity index (χ4v) is 4.22. The van der Waals surface area contributed by atoms with Gasteiger partial charge in [-0.15, -0.1) is 0 Å². The molecule has 3 rings (SSSR count). The van der Waals surface area contributed by atoms with Gasteiger partial charge in [0.25, 0.3) is 5.91 Å². The zero-order valence-corrected chi connectivity index (χ0v) is 15.5. The van der Waals surface area contributed by atoms with Gasteiger partial charge in [-0.1, -0.05) is 17.7 Å². The zero-order chi connectivity index (χ0) is 18.4. The number of hydrogen-bond acceptors (Lipinski definition) is 3. The number of nitrogens with two attached hydrogens (primary N) is 1. The molecule has 0 unspecified atom stereocenters. The molecule has 0 saturated carbocycles. The molecule has 25 heavy (non-hydrogen) atoms. The summed E-state index contributed by atoms with van der Waals surface area (Å²) in [7, 11) is -3.88. The first-order valence-electron chi connectivity index (χ1n) is 8.24. The molecular formula is C19H22N2O3S. The van der Waals surface area contributed by atoms with Crippen molar-refractivity contribution in [1.82, 2.24) is 0 Å². The van der Waals surface area contributed by atoms with Gasteiger partial charge in [-0.2, -0.15) is 0 Å². The Morgan fingerprint density at radius 1 is 1.12 bits per heavy atom. The highest BCUT2D eigenvalue weighted by molar-refractivity contribution is 7.89. The Labute approximate surface area is 148 Å². The van der Waals surface area contributed by atoms with E-state index in [0.717, 1.165) is 35.2 Å². The second-order valence-electron chi connectivity index (χ2n) is 6.65. The van der Waals surface area contributed by atoms with Crippen LogP contribution >= 0.6 is 0 Å². The molecule has 1 heterocycles. The van der Waals surface area contributed by atoms with Gasteiger partial charge in [0.05, 0.1) is 4.90 Å². The molecule has 2 N–H and O–H groups in total. The van der Waals surface area contributed by atoms with E-state index in [1.54, 1.807) is 24.8 Å². The van der Waals surface area contributed by atoms with E-state index < -0.39 is 10.0 Å². The van der Waals surface area contributed by atoms with Gasteiger partial charge in [0, 0.05) is 17.8 Å². The van der Waals surface area contributed by atoms with Crippen LogP contribution in [0, 0.1) is 20.8 Å². The number of amides is 1. The summed E-state index contributed by atoms with van der Waals surface area (Å²) in [6.07, 6.45) is 1.82. The summed E-state index contributed by atoms with van der Waals surface area (Å²) in [5.74, 6) is -0.196. The van der Waals surface area contributed by atoms with Crippen molar-refractivity contribution in [3.8, 4) is 0 Å². The van der Waals surface area contributed by atoms with E-state index in [1.165, 1.54) is 6.07 Å². The molecular weight excluding hydrogens is 336 g/mol. The first-order valence-corrected chi connectivity index (χ1v) is 9.78. The Morgan fingerprint density at radius 3 is 2.52 bits per heavy atom. The molecule has 1 aliphatic heterocycles. The SMILES string of the molecule is Cc1ccc2c(c1)CCCN2C(=O)c1cc(C)c(C)c(S(N)(=O)=O)c1. The van der Waals surface area contributed by atoms with E-state index in [0.29, 0.717) is 17.7 Å². The van der Waals surface area contributed by atoms with Crippen LogP contribution in [0.25, 0.3) is 0 Å². The van der Waals surface area contributed by atoms with Crippen LogP contribution in [0.4, 0.5) is 5.69 Å². The Bertz CT molecular complexity index is 965. The summed E-state index contributed by atoms with van der Waals surface area (Å²) in [5.41, 5.74) is 4.87. The molecule has 132 valence electrons. The predicted molar refractivity (Wildman–Crippen MR) is 98.5 cm³/mol. The van der Waals surface area contributed by atoms with Gasteiger partial charge in [0.1, 0.15) is 0 Å². The molecule has 1 aliphatic rings. The molecule has 5 nitrogen and oxygen atoms in total. The Balaban J connectivity index is 2.08. The van der Waals surface area contributed by atoms with Crippen LogP contribution in [0.3, 0.4) is 0 Å². The summed E-state index contributed by atoms with van der Waals surface area (Å²) in [6.45, 7) is 6.13. The minimum absolute atomic E-state index is 0.0111. The van der Waals surface area contributed by atoms with Crippen molar-refractivity contribution in [2.24, 2.45) is 5.14 Å². The molecule has 2 aromatic rings. The van der Waals surface area contributed by atoms with Gasteiger partial charge >= 0.3 is 0 Å². The number of benzene rings is 2. The van der Waals surface area contributed by atoms with Crippen molar-refractivity contribution >= 4 is 21.6 Å². The lowest BCUT2D eigenvalue weighted by atomic mass is 9.98. The van der Waals surface area contributed by atoms with Crippen molar-refractivity contribution < 1.29 is 13.2 Å². The van der Waals surface area contributed by atoms with E-state index in [4.69, 9.17) is 5.14 Å². The van der Waals surface area contributed by atoms with Crippen molar-refractivity contribution in [1.29, 1.82) is 0 Å². The summed E-state index contributed by atoms with van der Waals surface area (Å²) in [5, 5.41) is 5.31. The Morgan fingerprint density at radius 2 is 1.84 bits per heavy atom. The monoisotopic (exact) mass is 358 g/mol. The van der Waals surface area contributed by atoms with Gasteiger partial charge in [-0.3, -0.25) is 4.79 Å². The lowest BCUT2D eigenvalue weighted by molar-refractivity contribution is 0.0985. The van der Waals surface area contributed by atoms with Crippen LogP contribution in [0.1, 0.15) is 39.0 Å². The smallest absolute Gasteiger partial charge is 0.258 e. The van der Waals surface area contributed by atoms with Crippen molar-refractivity contribution in [3.63, 3.8) is 0 Å². The van der Waals surface area contributed by atoms with Gasteiger partial charge < -0.3 is 4.90 Å².